The molecule has 1 fully saturated rings. The standard InChI is InChI=1S/C20H28O4/c1-12-7-14-4-3-13(2)18(20(14)15(8-12)11-21)6-5-17-9-16(22)10-19(23)24-17/h3-4,7,11-13,15-18,20,22H,5-6,8-10H2,1-2H3. The number of fused-ring (bicyclic) bond motifs is 1. The van der Waals surface area contributed by atoms with Crippen molar-refractivity contribution in [2.45, 2.75) is 58.2 Å². The van der Waals surface area contributed by atoms with E-state index in [9.17, 15) is 14.7 Å². The van der Waals surface area contributed by atoms with Crippen molar-refractivity contribution in [3.05, 3.63) is 23.8 Å². The molecule has 2 aliphatic carbocycles. The van der Waals surface area contributed by atoms with Gasteiger partial charge in [0.1, 0.15) is 12.4 Å². The first-order valence-electron chi connectivity index (χ1n) is 9.20. The van der Waals surface area contributed by atoms with Crippen LogP contribution < -0.4 is 0 Å². The molecule has 0 amide bonds. The summed E-state index contributed by atoms with van der Waals surface area (Å²) in [5.41, 5.74) is 1.30. The maximum atomic E-state index is 11.7. The molecule has 1 N–H and O–H groups in total. The number of ether oxygens (including phenoxy) is 1. The van der Waals surface area contributed by atoms with Crippen LogP contribution in [0.15, 0.2) is 23.8 Å². The number of aldehydes is 1. The summed E-state index contributed by atoms with van der Waals surface area (Å²) in [5, 5.41) is 9.77. The molecule has 0 aromatic rings. The van der Waals surface area contributed by atoms with Gasteiger partial charge in [0.05, 0.1) is 12.5 Å². The summed E-state index contributed by atoms with van der Waals surface area (Å²) >= 11 is 0. The highest BCUT2D eigenvalue weighted by Gasteiger charge is 2.39. The molecule has 0 spiro atoms. The van der Waals surface area contributed by atoms with Gasteiger partial charge in [-0.25, -0.2) is 0 Å². The third-order valence-electron chi connectivity index (χ3n) is 5.93. The molecular weight excluding hydrogens is 304 g/mol. The second-order valence-corrected chi connectivity index (χ2v) is 7.87. The van der Waals surface area contributed by atoms with E-state index in [4.69, 9.17) is 4.74 Å². The molecule has 7 unspecified atom stereocenters. The molecule has 4 heteroatoms. The maximum Gasteiger partial charge on any atom is 0.308 e. The zero-order valence-electron chi connectivity index (χ0n) is 14.6. The van der Waals surface area contributed by atoms with Crippen LogP contribution in [0, 0.1) is 29.6 Å². The third-order valence-corrected chi connectivity index (χ3v) is 5.93. The van der Waals surface area contributed by atoms with Gasteiger partial charge in [-0.2, -0.15) is 0 Å². The normalized spacial score (nSPS) is 42.0. The van der Waals surface area contributed by atoms with E-state index in [1.165, 1.54) is 5.57 Å². The van der Waals surface area contributed by atoms with Gasteiger partial charge in [-0.1, -0.05) is 32.1 Å². The van der Waals surface area contributed by atoms with Gasteiger partial charge in [-0.3, -0.25) is 4.79 Å². The lowest BCUT2D eigenvalue weighted by molar-refractivity contribution is -0.160. The SMILES string of the molecule is CC1C=C2C=CC(C)C(CCC3CC(O)CC(=O)O3)C2C(C=O)C1. The summed E-state index contributed by atoms with van der Waals surface area (Å²) in [5.74, 6) is 1.31. The predicted octanol–water partition coefficient (Wildman–Crippen LogP) is 3.05. The van der Waals surface area contributed by atoms with E-state index in [0.717, 1.165) is 25.5 Å². The Bertz CT molecular complexity index is 550. The van der Waals surface area contributed by atoms with E-state index in [2.05, 4.69) is 32.1 Å². The van der Waals surface area contributed by atoms with Gasteiger partial charge in [0.2, 0.25) is 0 Å². The van der Waals surface area contributed by atoms with Crippen molar-refractivity contribution in [3.63, 3.8) is 0 Å². The number of hydrogen-bond acceptors (Lipinski definition) is 4. The zero-order valence-corrected chi connectivity index (χ0v) is 14.6. The smallest absolute Gasteiger partial charge is 0.308 e. The molecule has 0 bridgehead atoms. The van der Waals surface area contributed by atoms with Gasteiger partial charge in [-0.15, -0.1) is 0 Å². The van der Waals surface area contributed by atoms with Crippen LogP contribution in [-0.2, 0) is 14.3 Å². The Labute approximate surface area is 144 Å². The highest BCUT2D eigenvalue weighted by molar-refractivity contribution is 5.70. The van der Waals surface area contributed by atoms with Crippen molar-refractivity contribution in [2.24, 2.45) is 29.6 Å². The lowest BCUT2D eigenvalue weighted by Gasteiger charge is -2.42. The minimum absolute atomic E-state index is 0.0805. The van der Waals surface area contributed by atoms with Crippen molar-refractivity contribution in [1.29, 1.82) is 0 Å². The molecule has 1 heterocycles. The van der Waals surface area contributed by atoms with Gasteiger partial charge in [0.15, 0.2) is 0 Å². The Morgan fingerprint density at radius 1 is 1.29 bits per heavy atom. The Balaban J connectivity index is 1.71. The summed E-state index contributed by atoms with van der Waals surface area (Å²) in [4.78, 5) is 23.2. The van der Waals surface area contributed by atoms with Gasteiger partial charge < -0.3 is 14.6 Å². The Morgan fingerprint density at radius 2 is 2.08 bits per heavy atom. The van der Waals surface area contributed by atoms with E-state index in [0.29, 0.717) is 24.2 Å². The highest BCUT2D eigenvalue weighted by Crippen LogP contribution is 2.46. The van der Waals surface area contributed by atoms with Crippen molar-refractivity contribution in [3.8, 4) is 0 Å². The fourth-order valence-corrected chi connectivity index (χ4v) is 4.79. The van der Waals surface area contributed by atoms with Gasteiger partial charge >= 0.3 is 5.97 Å². The van der Waals surface area contributed by atoms with Crippen LogP contribution in [0.4, 0.5) is 0 Å². The van der Waals surface area contributed by atoms with Crippen molar-refractivity contribution >= 4 is 12.3 Å². The molecule has 1 saturated heterocycles. The second-order valence-electron chi connectivity index (χ2n) is 7.87. The minimum atomic E-state index is -0.575. The minimum Gasteiger partial charge on any atom is -0.462 e. The number of esters is 1. The maximum absolute atomic E-state index is 11.7. The molecule has 0 radical (unpaired) electrons. The summed E-state index contributed by atoms with van der Waals surface area (Å²) in [6.45, 7) is 4.38. The van der Waals surface area contributed by atoms with E-state index in [-0.39, 0.29) is 30.3 Å². The first-order valence-corrected chi connectivity index (χ1v) is 9.20. The van der Waals surface area contributed by atoms with E-state index >= 15 is 0 Å². The lowest BCUT2D eigenvalue weighted by atomic mass is 9.62. The summed E-state index contributed by atoms with van der Waals surface area (Å²) < 4.78 is 5.39. The molecule has 3 rings (SSSR count). The lowest BCUT2D eigenvalue weighted by Crippen LogP contribution is -2.37. The number of rotatable bonds is 4. The molecule has 24 heavy (non-hydrogen) atoms. The predicted molar refractivity (Wildman–Crippen MR) is 91.1 cm³/mol. The number of carbonyl (C=O) groups is 2. The molecule has 0 saturated carbocycles. The summed E-state index contributed by atoms with van der Waals surface area (Å²) in [6, 6.07) is 0. The Kier molecular flexibility index (Phi) is 5.24. The first kappa shape index (κ1) is 17.4. The average molecular weight is 332 g/mol. The van der Waals surface area contributed by atoms with Crippen LogP contribution in [0.5, 0.6) is 0 Å². The molecule has 132 valence electrons. The number of carbonyl (C=O) groups excluding carboxylic acids is 2. The molecule has 0 aromatic heterocycles. The van der Waals surface area contributed by atoms with Crippen LogP contribution >= 0.6 is 0 Å². The second kappa shape index (κ2) is 7.22. The molecule has 0 aromatic carbocycles. The van der Waals surface area contributed by atoms with Crippen LogP contribution in [0.2, 0.25) is 0 Å². The van der Waals surface area contributed by atoms with Crippen LogP contribution in [0.25, 0.3) is 0 Å². The number of allylic oxidation sites excluding steroid dienone is 4. The number of cyclic esters (lactones) is 1. The fraction of sp³-hybridized carbons (Fsp3) is 0.700. The number of aliphatic hydroxyl groups is 1. The highest BCUT2D eigenvalue weighted by atomic mass is 16.5. The van der Waals surface area contributed by atoms with Gasteiger partial charge in [0.25, 0.3) is 0 Å². The van der Waals surface area contributed by atoms with Crippen LogP contribution in [0.3, 0.4) is 0 Å². The van der Waals surface area contributed by atoms with Crippen molar-refractivity contribution in [2.75, 3.05) is 0 Å². The topological polar surface area (TPSA) is 63.6 Å². The quantitative estimate of drug-likeness (QED) is 0.635. The summed E-state index contributed by atoms with van der Waals surface area (Å²) in [7, 11) is 0. The zero-order chi connectivity index (χ0) is 17.3. The Morgan fingerprint density at radius 3 is 2.79 bits per heavy atom. The third kappa shape index (κ3) is 3.64. The molecule has 3 aliphatic rings. The molecule has 7 atom stereocenters. The fourth-order valence-electron chi connectivity index (χ4n) is 4.79. The Hall–Kier alpha value is -1.42. The molecule has 4 nitrogen and oxygen atoms in total. The van der Waals surface area contributed by atoms with Crippen molar-refractivity contribution < 1.29 is 19.4 Å². The average Bonchev–Trinajstić information content (AvgIpc) is 2.52. The van der Waals surface area contributed by atoms with Crippen LogP contribution in [0.1, 0.15) is 46.0 Å². The van der Waals surface area contributed by atoms with Gasteiger partial charge in [0, 0.05) is 12.3 Å². The number of aliphatic hydroxyl groups excluding tert-OH is 1. The van der Waals surface area contributed by atoms with E-state index in [1.54, 1.807) is 0 Å². The summed E-state index contributed by atoms with van der Waals surface area (Å²) in [6.07, 6.45) is 10.4. The van der Waals surface area contributed by atoms with Gasteiger partial charge in [-0.05, 0) is 48.5 Å². The van der Waals surface area contributed by atoms with Crippen molar-refractivity contribution in [1.82, 2.24) is 0 Å². The van der Waals surface area contributed by atoms with E-state index < -0.39 is 6.10 Å². The van der Waals surface area contributed by atoms with Crippen LogP contribution in [-0.4, -0.2) is 29.6 Å². The molecule has 1 aliphatic heterocycles. The number of hydrogen-bond donors (Lipinski definition) is 1. The van der Waals surface area contributed by atoms with E-state index in [1.807, 2.05) is 0 Å². The molecular formula is C20H28O4. The monoisotopic (exact) mass is 332 g/mol. The first-order chi connectivity index (χ1) is 11.5. The largest absolute Gasteiger partial charge is 0.462 e.